The molecule has 20 heavy (non-hydrogen) atoms. The van der Waals surface area contributed by atoms with Crippen LogP contribution in [0.3, 0.4) is 0 Å². The van der Waals surface area contributed by atoms with Crippen molar-refractivity contribution in [1.29, 1.82) is 0 Å². The number of piperidine rings is 1. The highest BCUT2D eigenvalue weighted by molar-refractivity contribution is 7.89. The number of benzene rings is 1. The van der Waals surface area contributed by atoms with Crippen LogP contribution in [0.5, 0.6) is 5.75 Å². The normalized spacial score (nSPS) is 23.1. The average Bonchev–Trinajstić information content (AvgIpc) is 2.46. The monoisotopic (exact) mass is 294 g/mol. The highest BCUT2D eigenvalue weighted by Gasteiger charge is 2.23. The Labute approximate surface area is 119 Å². The molecule has 6 heteroatoms. The van der Waals surface area contributed by atoms with E-state index in [1.54, 1.807) is 12.1 Å². The standard InChI is InChI=1S/C14H18N2O3S/c15-20(17,18)12-5-6-13-11(10-12)4-7-14(19-13)16-8-2-1-3-9-16/h4-7,10,14H,1-3,8-9H2,(H2,15,17,18). The van der Waals surface area contributed by atoms with Crippen LogP contribution in [-0.2, 0) is 10.0 Å². The van der Waals surface area contributed by atoms with E-state index in [1.807, 2.05) is 12.2 Å². The number of hydrogen-bond acceptors (Lipinski definition) is 4. The smallest absolute Gasteiger partial charge is 0.238 e. The lowest BCUT2D eigenvalue weighted by Gasteiger charge is -2.34. The molecule has 3 rings (SSSR count). The second-order valence-corrected chi connectivity index (χ2v) is 6.77. The van der Waals surface area contributed by atoms with Gasteiger partial charge in [0.15, 0.2) is 6.23 Å². The molecule has 0 amide bonds. The summed E-state index contributed by atoms with van der Waals surface area (Å²) in [6.07, 6.45) is 7.51. The molecule has 2 aliphatic heterocycles. The third-order valence-corrected chi connectivity index (χ3v) is 4.66. The summed E-state index contributed by atoms with van der Waals surface area (Å²) >= 11 is 0. The number of likely N-dealkylation sites (tertiary alicyclic amines) is 1. The molecule has 1 saturated heterocycles. The van der Waals surface area contributed by atoms with Crippen LogP contribution in [0.15, 0.2) is 29.2 Å². The SMILES string of the molecule is NS(=O)(=O)c1ccc2c(c1)C=CC(N1CCCCC1)O2. The molecule has 0 aromatic heterocycles. The van der Waals surface area contributed by atoms with Crippen molar-refractivity contribution in [2.75, 3.05) is 13.1 Å². The van der Waals surface area contributed by atoms with Crippen LogP contribution in [0.4, 0.5) is 0 Å². The maximum absolute atomic E-state index is 11.3. The summed E-state index contributed by atoms with van der Waals surface area (Å²) < 4.78 is 28.6. The number of hydrogen-bond donors (Lipinski definition) is 1. The van der Waals surface area contributed by atoms with E-state index in [4.69, 9.17) is 9.88 Å². The third-order valence-electron chi connectivity index (χ3n) is 3.75. The number of ether oxygens (including phenoxy) is 1. The van der Waals surface area contributed by atoms with Crippen molar-refractivity contribution in [3.05, 3.63) is 29.8 Å². The van der Waals surface area contributed by atoms with Crippen LogP contribution >= 0.6 is 0 Å². The number of fused-ring (bicyclic) bond motifs is 1. The molecule has 0 aliphatic carbocycles. The van der Waals surface area contributed by atoms with E-state index in [2.05, 4.69) is 4.90 Å². The zero-order chi connectivity index (χ0) is 14.2. The predicted molar refractivity (Wildman–Crippen MR) is 76.7 cm³/mol. The molecule has 2 heterocycles. The highest BCUT2D eigenvalue weighted by atomic mass is 32.2. The quantitative estimate of drug-likeness (QED) is 0.898. The zero-order valence-electron chi connectivity index (χ0n) is 11.2. The van der Waals surface area contributed by atoms with Gasteiger partial charge in [0.25, 0.3) is 0 Å². The van der Waals surface area contributed by atoms with Gasteiger partial charge in [-0.1, -0.05) is 12.5 Å². The van der Waals surface area contributed by atoms with Crippen molar-refractivity contribution in [3.63, 3.8) is 0 Å². The molecule has 108 valence electrons. The fourth-order valence-electron chi connectivity index (χ4n) is 2.67. The molecular weight excluding hydrogens is 276 g/mol. The molecule has 0 radical (unpaired) electrons. The Morgan fingerprint density at radius 2 is 1.95 bits per heavy atom. The highest BCUT2D eigenvalue weighted by Crippen LogP contribution is 2.29. The fraction of sp³-hybridized carbons (Fsp3) is 0.429. The lowest BCUT2D eigenvalue weighted by Crippen LogP contribution is -2.42. The number of nitrogens with zero attached hydrogens (tertiary/aromatic N) is 1. The second-order valence-electron chi connectivity index (χ2n) is 5.21. The molecule has 0 bridgehead atoms. The third kappa shape index (κ3) is 2.72. The summed E-state index contributed by atoms with van der Waals surface area (Å²) in [6.45, 7) is 2.08. The molecule has 1 fully saturated rings. The van der Waals surface area contributed by atoms with Crippen LogP contribution in [0.2, 0.25) is 0 Å². The Morgan fingerprint density at radius 3 is 2.65 bits per heavy atom. The van der Waals surface area contributed by atoms with Crippen LogP contribution < -0.4 is 9.88 Å². The summed E-state index contributed by atoms with van der Waals surface area (Å²) in [5, 5.41) is 5.13. The van der Waals surface area contributed by atoms with E-state index >= 15 is 0 Å². The van der Waals surface area contributed by atoms with E-state index in [0.717, 1.165) is 18.7 Å². The van der Waals surface area contributed by atoms with Gasteiger partial charge < -0.3 is 4.74 Å². The van der Waals surface area contributed by atoms with Gasteiger partial charge in [0, 0.05) is 18.7 Å². The number of sulfonamides is 1. The van der Waals surface area contributed by atoms with Crippen molar-refractivity contribution >= 4 is 16.1 Å². The van der Waals surface area contributed by atoms with Gasteiger partial charge in [-0.25, -0.2) is 13.6 Å². The molecule has 0 spiro atoms. The van der Waals surface area contributed by atoms with Gasteiger partial charge >= 0.3 is 0 Å². The fourth-order valence-corrected chi connectivity index (χ4v) is 3.21. The summed E-state index contributed by atoms with van der Waals surface area (Å²) in [5.41, 5.74) is 0.754. The summed E-state index contributed by atoms with van der Waals surface area (Å²) in [4.78, 5) is 2.41. The minimum Gasteiger partial charge on any atom is -0.471 e. The van der Waals surface area contributed by atoms with Crippen molar-refractivity contribution in [1.82, 2.24) is 4.90 Å². The van der Waals surface area contributed by atoms with Crippen molar-refractivity contribution < 1.29 is 13.2 Å². The Kier molecular flexibility index (Phi) is 3.54. The predicted octanol–water partition coefficient (Wildman–Crippen LogP) is 1.55. The first kappa shape index (κ1) is 13.6. The minimum atomic E-state index is -3.67. The van der Waals surface area contributed by atoms with Gasteiger partial charge in [-0.3, -0.25) is 4.90 Å². The van der Waals surface area contributed by atoms with Crippen LogP contribution in [-0.4, -0.2) is 32.6 Å². The first-order valence-electron chi connectivity index (χ1n) is 6.80. The zero-order valence-corrected chi connectivity index (χ0v) is 12.0. The Balaban J connectivity index is 1.83. The first-order valence-corrected chi connectivity index (χ1v) is 8.34. The molecule has 1 aromatic rings. The second kappa shape index (κ2) is 5.20. The Bertz CT molecular complexity index is 634. The molecule has 2 aliphatic rings. The summed E-state index contributed by atoms with van der Waals surface area (Å²) in [7, 11) is -3.67. The van der Waals surface area contributed by atoms with E-state index in [9.17, 15) is 8.42 Å². The molecule has 5 nitrogen and oxygen atoms in total. The van der Waals surface area contributed by atoms with Crippen LogP contribution in [0, 0.1) is 0 Å². The van der Waals surface area contributed by atoms with E-state index in [0.29, 0.717) is 5.75 Å². The van der Waals surface area contributed by atoms with Gasteiger partial charge in [-0.15, -0.1) is 0 Å². The van der Waals surface area contributed by atoms with E-state index in [-0.39, 0.29) is 11.1 Å². The number of nitrogens with two attached hydrogens (primary N) is 1. The Morgan fingerprint density at radius 1 is 1.20 bits per heavy atom. The van der Waals surface area contributed by atoms with E-state index < -0.39 is 10.0 Å². The van der Waals surface area contributed by atoms with Crippen molar-refractivity contribution in [2.45, 2.75) is 30.4 Å². The largest absolute Gasteiger partial charge is 0.471 e. The molecule has 1 unspecified atom stereocenters. The molecule has 2 N–H and O–H groups in total. The van der Waals surface area contributed by atoms with Crippen molar-refractivity contribution in [3.8, 4) is 5.75 Å². The molecule has 0 saturated carbocycles. The van der Waals surface area contributed by atoms with Crippen molar-refractivity contribution in [2.24, 2.45) is 5.14 Å². The van der Waals surface area contributed by atoms with Gasteiger partial charge in [0.05, 0.1) is 4.90 Å². The lowest BCUT2D eigenvalue weighted by molar-refractivity contribution is 0.0458. The van der Waals surface area contributed by atoms with Gasteiger partial charge in [-0.05, 0) is 37.1 Å². The number of rotatable bonds is 2. The van der Waals surface area contributed by atoms with Gasteiger partial charge in [0.2, 0.25) is 10.0 Å². The first-order chi connectivity index (χ1) is 9.54. The van der Waals surface area contributed by atoms with Gasteiger partial charge in [0.1, 0.15) is 5.75 Å². The Hall–Kier alpha value is -1.37. The summed E-state index contributed by atoms with van der Waals surface area (Å²) in [5.74, 6) is 0.704. The maximum Gasteiger partial charge on any atom is 0.238 e. The molecule has 1 aromatic carbocycles. The number of primary sulfonamides is 1. The minimum absolute atomic E-state index is 0.0527. The average molecular weight is 294 g/mol. The topological polar surface area (TPSA) is 72.6 Å². The summed E-state index contributed by atoms with van der Waals surface area (Å²) in [6, 6.07) is 4.71. The molecule has 1 atom stereocenters. The maximum atomic E-state index is 11.3. The van der Waals surface area contributed by atoms with Gasteiger partial charge in [-0.2, -0.15) is 0 Å². The van der Waals surface area contributed by atoms with Crippen LogP contribution in [0.1, 0.15) is 24.8 Å². The van der Waals surface area contributed by atoms with Crippen LogP contribution in [0.25, 0.3) is 6.08 Å². The van der Waals surface area contributed by atoms with E-state index in [1.165, 1.54) is 25.3 Å². The molecular formula is C14H18N2O3S. The lowest BCUT2D eigenvalue weighted by atomic mass is 10.1.